The van der Waals surface area contributed by atoms with Gasteiger partial charge in [-0.2, -0.15) is 0 Å². The van der Waals surface area contributed by atoms with Crippen LogP contribution in [0.15, 0.2) is 12.3 Å². The first-order valence-corrected chi connectivity index (χ1v) is 6.41. The van der Waals surface area contributed by atoms with Crippen molar-refractivity contribution < 1.29 is 14.5 Å². The Balaban J connectivity index is 2.30. The molecule has 0 atom stereocenters. The first-order valence-electron chi connectivity index (χ1n) is 6.41. The molecule has 2 rings (SSSR count). The number of nitrogens with zero attached hydrogens (tertiary/aromatic N) is 3. The highest BCUT2D eigenvalue weighted by Gasteiger charge is 2.24. The van der Waals surface area contributed by atoms with E-state index in [1.807, 2.05) is 0 Å². The molecule has 112 valence electrons. The molecule has 2 heterocycles. The number of aromatic nitrogens is 1. The summed E-state index contributed by atoms with van der Waals surface area (Å²) in [6.07, 6.45) is 1.30. The molecule has 9 nitrogen and oxygen atoms in total. The topological polar surface area (TPSA) is 117 Å². The Bertz CT molecular complexity index is 589. The van der Waals surface area contributed by atoms with Crippen LogP contribution in [0.3, 0.4) is 0 Å². The zero-order chi connectivity index (χ0) is 15.4. The highest BCUT2D eigenvalue weighted by molar-refractivity contribution is 5.99. The maximum Gasteiger partial charge on any atom is 0.288 e. The first-order chi connectivity index (χ1) is 10.0. The van der Waals surface area contributed by atoms with Crippen LogP contribution in [-0.2, 0) is 4.79 Å². The lowest BCUT2D eigenvalue weighted by molar-refractivity contribution is -0.385. The van der Waals surface area contributed by atoms with Crippen molar-refractivity contribution in [1.82, 2.24) is 15.2 Å². The van der Waals surface area contributed by atoms with Crippen LogP contribution in [0.5, 0.6) is 0 Å². The van der Waals surface area contributed by atoms with Gasteiger partial charge in [0, 0.05) is 39.2 Å². The number of nitro groups is 1. The number of carbonyl (C=O) groups is 2. The van der Waals surface area contributed by atoms with E-state index in [0.717, 1.165) is 6.20 Å². The van der Waals surface area contributed by atoms with Gasteiger partial charge in [-0.05, 0) is 0 Å². The fourth-order valence-electron chi connectivity index (χ4n) is 2.06. The van der Waals surface area contributed by atoms with E-state index in [0.29, 0.717) is 13.1 Å². The van der Waals surface area contributed by atoms with E-state index in [1.165, 1.54) is 11.0 Å². The van der Waals surface area contributed by atoms with Gasteiger partial charge in [-0.3, -0.25) is 19.7 Å². The van der Waals surface area contributed by atoms with E-state index in [2.05, 4.69) is 15.6 Å². The van der Waals surface area contributed by atoms with Crippen LogP contribution in [0.25, 0.3) is 0 Å². The maximum atomic E-state index is 12.5. The summed E-state index contributed by atoms with van der Waals surface area (Å²) in [7, 11) is 1.58. The molecule has 0 aromatic carbocycles. The van der Waals surface area contributed by atoms with Gasteiger partial charge in [0.15, 0.2) is 0 Å². The van der Waals surface area contributed by atoms with Crippen molar-refractivity contribution in [2.45, 2.75) is 6.42 Å². The van der Waals surface area contributed by atoms with Gasteiger partial charge in [-0.1, -0.05) is 0 Å². The number of carbonyl (C=O) groups excluding carboxylic acids is 2. The van der Waals surface area contributed by atoms with Gasteiger partial charge in [0.2, 0.25) is 5.91 Å². The number of nitrogens with one attached hydrogen (secondary N) is 2. The fraction of sp³-hybridized carbons (Fsp3) is 0.417. The molecule has 2 amide bonds. The van der Waals surface area contributed by atoms with Crippen LogP contribution in [0.1, 0.15) is 16.8 Å². The van der Waals surface area contributed by atoms with Gasteiger partial charge >= 0.3 is 0 Å². The molecule has 21 heavy (non-hydrogen) atoms. The summed E-state index contributed by atoms with van der Waals surface area (Å²) in [6, 6.07) is 1.20. The van der Waals surface area contributed by atoms with E-state index in [1.54, 1.807) is 7.05 Å². The minimum absolute atomic E-state index is 0.115. The Hall–Kier alpha value is -2.71. The molecule has 2 N–H and O–H groups in total. The van der Waals surface area contributed by atoms with Crippen LogP contribution in [0.2, 0.25) is 0 Å². The summed E-state index contributed by atoms with van der Waals surface area (Å²) in [5.74, 6) is -0.225. The number of anilines is 1. The maximum absolute atomic E-state index is 12.5. The number of hydrogen-bond acceptors (Lipinski definition) is 6. The minimum atomic E-state index is -0.600. The third-order valence-corrected chi connectivity index (χ3v) is 3.15. The van der Waals surface area contributed by atoms with Gasteiger partial charge in [-0.25, -0.2) is 4.98 Å². The van der Waals surface area contributed by atoms with Crippen molar-refractivity contribution in [3.8, 4) is 0 Å². The molecule has 0 spiro atoms. The molecule has 1 fully saturated rings. The zero-order valence-electron chi connectivity index (χ0n) is 11.5. The Morgan fingerprint density at radius 3 is 2.95 bits per heavy atom. The van der Waals surface area contributed by atoms with Crippen LogP contribution in [0.4, 0.5) is 11.5 Å². The van der Waals surface area contributed by atoms with Crippen molar-refractivity contribution in [3.63, 3.8) is 0 Å². The monoisotopic (exact) mass is 293 g/mol. The number of rotatable bonds is 3. The number of amides is 2. The van der Waals surface area contributed by atoms with Crippen molar-refractivity contribution in [2.75, 3.05) is 32.0 Å². The predicted octanol–water partition coefficient (Wildman–Crippen LogP) is -0.00640. The average molecular weight is 293 g/mol. The van der Waals surface area contributed by atoms with Crippen LogP contribution < -0.4 is 10.6 Å². The highest BCUT2D eigenvalue weighted by atomic mass is 16.6. The molecule has 0 aliphatic carbocycles. The largest absolute Gasteiger partial charge is 0.372 e. The molecule has 9 heteroatoms. The Morgan fingerprint density at radius 2 is 2.29 bits per heavy atom. The summed E-state index contributed by atoms with van der Waals surface area (Å²) in [5, 5.41) is 16.2. The van der Waals surface area contributed by atoms with Gasteiger partial charge < -0.3 is 15.5 Å². The molecule has 0 unspecified atom stereocenters. The van der Waals surface area contributed by atoms with Gasteiger partial charge in [0.05, 0.1) is 10.5 Å². The van der Waals surface area contributed by atoms with Crippen LogP contribution in [-0.4, -0.2) is 53.3 Å². The second-order valence-corrected chi connectivity index (χ2v) is 4.49. The van der Waals surface area contributed by atoms with Crippen LogP contribution in [0, 0.1) is 10.1 Å². The van der Waals surface area contributed by atoms with E-state index in [-0.39, 0.29) is 41.8 Å². The lowest BCUT2D eigenvalue weighted by Gasteiger charge is -2.20. The average Bonchev–Trinajstić information content (AvgIpc) is 2.70. The molecular formula is C12H15N5O4. The van der Waals surface area contributed by atoms with E-state index < -0.39 is 4.92 Å². The predicted molar refractivity (Wildman–Crippen MR) is 74.0 cm³/mol. The SMILES string of the molecule is CNc1ncc([N+](=O)[O-])cc1C(=O)N1CCNC(=O)CC1. The number of pyridine rings is 1. The Morgan fingerprint density at radius 1 is 1.52 bits per heavy atom. The van der Waals surface area contributed by atoms with E-state index in [4.69, 9.17) is 0 Å². The molecule has 1 aliphatic rings. The molecule has 0 bridgehead atoms. The number of hydrogen-bond donors (Lipinski definition) is 2. The molecule has 0 saturated carbocycles. The van der Waals surface area contributed by atoms with Crippen LogP contribution >= 0.6 is 0 Å². The highest BCUT2D eigenvalue weighted by Crippen LogP contribution is 2.20. The molecule has 1 saturated heterocycles. The summed E-state index contributed by atoms with van der Waals surface area (Å²) in [6.45, 7) is 0.995. The second kappa shape index (κ2) is 6.16. The third kappa shape index (κ3) is 3.25. The molecule has 1 aromatic heterocycles. The summed E-state index contributed by atoms with van der Waals surface area (Å²) in [4.78, 5) is 39.4. The van der Waals surface area contributed by atoms with E-state index in [9.17, 15) is 19.7 Å². The zero-order valence-corrected chi connectivity index (χ0v) is 11.5. The Labute approximate surface area is 120 Å². The fourth-order valence-corrected chi connectivity index (χ4v) is 2.06. The molecular weight excluding hydrogens is 278 g/mol. The van der Waals surface area contributed by atoms with Gasteiger partial charge in [-0.15, -0.1) is 0 Å². The summed E-state index contributed by atoms with van der Waals surface area (Å²) < 4.78 is 0. The lowest BCUT2D eigenvalue weighted by Crippen LogP contribution is -2.34. The lowest BCUT2D eigenvalue weighted by atomic mass is 10.2. The quantitative estimate of drug-likeness (QED) is 0.598. The smallest absolute Gasteiger partial charge is 0.288 e. The minimum Gasteiger partial charge on any atom is -0.372 e. The molecule has 1 aromatic rings. The van der Waals surface area contributed by atoms with Crippen molar-refractivity contribution in [3.05, 3.63) is 27.9 Å². The molecule has 1 aliphatic heterocycles. The molecule has 0 radical (unpaired) electrons. The van der Waals surface area contributed by atoms with Crippen molar-refractivity contribution >= 4 is 23.3 Å². The second-order valence-electron chi connectivity index (χ2n) is 4.49. The third-order valence-electron chi connectivity index (χ3n) is 3.15. The summed E-state index contributed by atoms with van der Waals surface area (Å²) >= 11 is 0. The normalized spacial score (nSPS) is 15.1. The van der Waals surface area contributed by atoms with Crippen molar-refractivity contribution in [2.24, 2.45) is 0 Å². The van der Waals surface area contributed by atoms with Crippen molar-refractivity contribution in [1.29, 1.82) is 0 Å². The van der Waals surface area contributed by atoms with E-state index >= 15 is 0 Å². The van der Waals surface area contributed by atoms with Gasteiger partial charge in [0.1, 0.15) is 12.0 Å². The van der Waals surface area contributed by atoms with Gasteiger partial charge in [0.25, 0.3) is 11.6 Å². The standard InChI is InChI=1S/C12H15N5O4/c1-13-11-9(6-8(7-15-11)17(20)21)12(19)16-4-2-10(18)14-3-5-16/h6-7H,2-5H2,1H3,(H,13,15)(H,14,18). The Kier molecular flexibility index (Phi) is 4.31. The first kappa shape index (κ1) is 14.7. The summed E-state index contributed by atoms with van der Waals surface area (Å²) in [5.41, 5.74) is -0.123.